The number of non-ortho nitro benzene ring substituents is 1. The summed E-state index contributed by atoms with van der Waals surface area (Å²) in [6, 6.07) is 10.0. The average molecular weight is 377 g/mol. The fraction of sp³-hybridized carbons (Fsp3) is 0.150. The number of aromatic nitrogens is 2. The highest BCUT2D eigenvalue weighted by molar-refractivity contribution is 5.94. The Morgan fingerprint density at radius 3 is 2.71 bits per heavy atom. The van der Waals surface area contributed by atoms with Crippen LogP contribution in [0.2, 0.25) is 0 Å². The number of hydrogen-bond donors (Lipinski definition) is 1. The third-order valence-corrected chi connectivity index (χ3v) is 4.41. The molecule has 0 bridgehead atoms. The highest BCUT2D eigenvalue weighted by Crippen LogP contribution is 2.26. The lowest BCUT2D eigenvalue weighted by molar-refractivity contribution is -0.384. The lowest BCUT2D eigenvalue weighted by Crippen LogP contribution is -2.17. The molecule has 3 rings (SSSR count). The maximum Gasteiger partial charge on any atom is 0.272 e. The third kappa shape index (κ3) is 3.80. The second-order valence-electron chi connectivity index (χ2n) is 6.33. The molecule has 0 aliphatic heterocycles. The molecule has 0 fully saturated rings. The van der Waals surface area contributed by atoms with Gasteiger partial charge in [0.1, 0.15) is 0 Å². The maximum absolute atomic E-state index is 12.0. The first-order chi connectivity index (χ1) is 13.4. The van der Waals surface area contributed by atoms with E-state index in [0.29, 0.717) is 5.56 Å². The zero-order valence-corrected chi connectivity index (χ0v) is 15.7. The maximum atomic E-state index is 12.0. The van der Waals surface area contributed by atoms with E-state index in [1.54, 1.807) is 36.7 Å². The molecule has 0 spiro atoms. The number of benzene rings is 1. The number of amides is 1. The Morgan fingerprint density at radius 1 is 1.25 bits per heavy atom. The first kappa shape index (κ1) is 19.0. The van der Waals surface area contributed by atoms with Gasteiger partial charge in [0.2, 0.25) is 0 Å². The first-order valence-corrected chi connectivity index (χ1v) is 8.56. The molecule has 8 heteroatoms. The molecule has 0 unspecified atom stereocenters. The Labute approximate surface area is 161 Å². The summed E-state index contributed by atoms with van der Waals surface area (Å²) >= 11 is 0. The summed E-state index contributed by atoms with van der Waals surface area (Å²) in [5.74, 6) is -0.354. The molecule has 0 saturated carbocycles. The molecule has 1 aromatic carbocycles. The quantitative estimate of drug-likeness (QED) is 0.418. The van der Waals surface area contributed by atoms with Crippen LogP contribution in [0.1, 0.15) is 32.9 Å². The summed E-state index contributed by atoms with van der Waals surface area (Å²) in [6.07, 6.45) is 4.60. The Hall–Kier alpha value is -3.81. The molecular weight excluding hydrogens is 358 g/mol. The molecule has 0 saturated heterocycles. The van der Waals surface area contributed by atoms with E-state index in [-0.39, 0.29) is 11.6 Å². The summed E-state index contributed by atoms with van der Waals surface area (Å²) in [5, 5.41) is 15.1. The molecule has 3 aromatic rings. The van der Waals surface area contributed by atoms with Gasteiger partial charge in [0.05, 0.1) is 22.4 Å². The van der Waals surface area contributed by atoms with Crippen molar-refractivity contribution in [3.8, 4) is 5.69 Å². The van der Waals surface area contributed by atoms with Gasteiger partial charge in [0.25, 0.3) is 11.6 Å². The normalized spacial score (nSPS) is 11.0. The SMILES string of the molecule is Cc1ccc([N+](=O)[O-])cc1-n1c(C)cc(/C=N\NC(=O)c2cccnc2)c1C. The zero-order chi connectivity index (χ0) is 20.3. The number of hydrazone groups is 1. The van der Waals surface area contributed by atoms with E-state index in [9.17, 15) is 14.9 Å². The number of carbonyl (C=O) groups is 1. The van der Waals surface area contributed by atoms with Gasteiger partial charge in [-0.2, -0.15) is 5.10 Å². The minimum absolute atomic E-state index is 0.0343. The Balaban J connectivity index is 1.88. The van der Waals surface area contributed by atoms with E-state index in [1.807, 2.05) is 31.4 Å². The highest BCUT2D eigenvalue weighted by Gasteiger charge is 2.15. The van der Waals surface area contributed by atoms with Crippen LogP contribution >= 0.6 is 0 Å². The molecule has 1 amide bonds. The summed E-state index contributed by atoms with van der Waals surface area (Å²) < 4.78 is 1.94. The van der Waals surface area contributed by atoms with Crippen molar-refractivity contribution in [1.82, 2.24) is 15.0 Å². The fourth-order valence-electron chi connectivity index (χ4n) is 2.96. The van der Waals surface area contributed by atoms with Crippen molar-refractivity contribution in [1.29, 1.82) is 0 Å². The van der Waals surface area contributed by atoms with Gasteiger partial charge in [-0.3, -0.25) is 19.9 Å². The minimum atomic E-state index is -0.409. The number of hydrogen-bond acceptors (Lipinski definition) is 5. The van der Waals surface area contributed by atoms with E-state index >= 15 is 0 Å². The second kappa shape index (κ2) is 7.83. The van der Waals surface area contributed by atoms with Crippen molar-refractivity contribution in [2.45, 2.75) is 20.8 Å². The van der Waals surface area contributed by atoms with Gasteiger partial charge in [-0.25, -0.2) is 5.43 Å². The predicted octanol–water partition coefficient (Wildman–Crippen LogP) is 3.47. The van der Waals surface area contributed by atoms with Crippen molar-refractivity contribution >= 4 is 17.8 Å². The number of nitro groups is 1. The van der Waals surface area contributed by atoms with Gasteiger partial charge < -0.3 is 4.57 Å². The molecule has 0 atom stereocenters. The summed E-state index contributed by atoms with van der Waals surface area (Å²) in [4.78, 5) is 26.6. The van der Waals surface area contributed by atoms with Crippen LogP contribution in [-0.4, -0.2) is 26.6 Å². The van der Waals surface area contributed by atoms with Crippen LogP contribution in [0.3, 0.4) is 0 Å². The smallest absolute Gasteiger partial charge is 0.272 e. The Morgan fingerprint density at radius 2 is 2.04 bits per heavy atom. The molecule has 0 radical (unpaired) electrons. The van der Waals surface area contributed by atoms with Gasteiger partial charge in [-0.1, -0.05) is 6.07 Å². The van der Waals surface area contributed by atoms with Crippen molar-refractivity contribution in [2.24, 2.45) is 5.10 Å². The monoisotopic (exact) mass is 377 g/mol. The van der Waals surface area contributed by atoms with Gasteiger partial charge in [0, 0.05) is 41.5 Å². The number of nitro benzene ring substituents is 1. The van der Waals surface area contributed by atoms with E-state index < -0.39 is 4.92 Å². The lowest BCUT2D eigenvalue weighted by Gasteiger charge is -2.12. The largest absolute Gasteiger partial charge is 0.317 e. The van der Waals surface area contributed by atoms with Crippen molar-refractivity contribution in [3.05, 3.63) is 87.0 Å². The predicted molar refractivity (Wildman–Crippen MR) is 106 cm³/mol. The van der Waals surface area contributed by atoms with Crippen LogP contribution in [0, 0.1) is 30.9 Å². The van der Waals surface area contributed by atoms with Crippen LogP contribution in [-0.2, 0) is 0 Å². The summed E-state index contributed by atoms with van der Waals surface area (Å²) in [6.45, 7) is 5.71. The number of nitrogens with zero attached hydrogens (tertiary/aromatic N) is 4. The summed E-state index contributed by atoms with van der Waals surface area (Å²) in [7, 11) is 0. The zero-order valence-electron chi connectivity index (χ0n) is 15.7. The molecule has 8 nitrogen and oxygen atoms in total. The highest BCUT2D eigenvalue weighted by atomic mass is 16.6. The van der Waals surface area contributed by atoms with Crippen LogP contribution in [0.5, 0.6) is 0 Å². The topological polar surface area (TPSA) is 102 Å². The molecule has 0 aliphatic rings. The molecule has 2 aromatic heterocycles. The van der Waals surface area contributed by atoms with Crippen molar-refractivity contribution in [2.75, 3.05) is 0 Å². The number of carbonyl (C=O) groups excluding carboxylic acids is 1. The number of nitrogens with one attached hydrogen (secondary N) is 1. The second-order valence-corrected chi connectivity index (χ2v) is 6.33. The van der Waals surface area contributed by atoms with Gasteiger partial charge in [-0.05, 0) is 44.5 Å². The average Bonchev–Trinajstić information content (AvgIpc) is 2.96. The third-order valence-electron chi connectivity index (χ3n) is 4.41. The first-order valence-electron chi connectivity index (χ1n) is 8.56. The molecule has 0 aliphatic carbocycles. The van der Waals surface area contributed by atoms with Gasteiger partial charge in [0.15, 0.2) is 0 Å². The fourth-order valence-corrected chi connectivity index (χ4v) is 2.96. The summed E-state index contributed by atoms with van der Waals surface area (Å²) in [5.41, 5.74) is 7.14. The van der Waals surface area contributed by atoms with E-state index in [1.165, 1.54) is 12.3 Å². The molecule has 2 heterocycles. The van der Waals surface area contributed by atoms with Crippen molar-refractivity contribution in [3.63, 3.8) is 0 Å². The Kier molecular flexibility index (Phi) is 5.30. The van der Waals surface area contributed by atoms with Crippen LogP contribution in [0.15, 0.2) is 53.9 Å². The van der Waals surface area contributed by atoms with Gasteiger partial charge >= 0.3 is 0 Å². The lowest BCUT2D eigenvalue weighted by atomic mass is 10.1. The molecule has 142 valence electrons. The van der Waals surface area contributed by atoms with E-state index in [0.717, 1.165) is 28.2 Å². The van der Waals surface area contributed by atoms with Crippen molar-refractivity contribution < 1.29 is 9.72 Å². The van der Waals surface area contributed by atoms with Gasteiger partial charge in [-0.15, -0.1) is 0 Å². The van der Waals surface area contributed by atoms with Crippen LogP contribution < -0.4 is 5.43 Å². The number of rotatable bonds is 5. The minimum Gasteiger partial charge on any atom is -0.317 e. The van der Waals surface area contributed by atoms with E-state index in [4.69, 9.17) is 0 Å². The molecular formula is C20H19N5O3. The van der Waals surface area contributed by atoms with Crippen LogP contribution in [0.25, 0.3) is 5.69 Å². The van der Waals surface area contributed by atoms with E-state index in [2.05, 4.69) is 15.5 Å². The molecule has 28 heavy (non-hydrogen) atoms. The number of pyridine rings is 1. The number of aryl methyl sites for hydroxylation is 2. The Bertz CT molecular complexity index is 1070. The van der Waals surface area contributed by atoms with Crippen LogP contribution in [0.4, 0.5) is 5.69 Å². The molecule has 1 N–H and O–H groups in total. The standard InChI is InChI=1S/C20H19N5O3/c1-13-6-7-18(25(27)28)10-19(13)24-14(2)9-17(15(24)3)12-22-23-20(26)16-5-4-8-21-11-16/h4-12H,1-3H3,(H,23,26)/b22-12-.